The number of carbonyl (C=O) groups is 1. The lowest BCUT2D eigenvalue weighted by molar-refractivity contribution is -0.121. The number of nitrogens with two attached hydrogens (primary N) is 1. The molecule has 0 saturated heterocycles. The van der Waals surface area contributed by atoms with E-state index in [1.54, 1.807) is 7.11 Å². The Kier molecular flexibility index (Phi) is 7.06. The molecule has 4 nitrogen and oxygen atoms in total. The molecule has 1 aromatic carbocycles. The summed E-state index contributed by atoms with van der Waals surface area (Å²) >= 11 is 0. The fourth-order valence-electron chi connectivity index (χ4n) is 1.71. The zero-order chi connectivity index (χ0) is 13.2. The SMILES string of the molecule is COCc1cccc(CNC(=O)CCCCN)c1. The zero-order valence-electron chi connectivity index (χ0n) is 10.9. The van der Waals surface area contributed by atoms with Crippen molar-refractivity contribution >= 4 is 5.91 Å². The second-order valence-electron chi connectivity index (χ2n) is 4.28. The Morgan fingerprint density at radius 3 is 2.83 bits per heavy atom. The number of nitrogens with one attached hydrogen (secondary N) is 1. The summed E-state index contributed by atoms with van der Waals surface area (Å²) in [6.45, 7) is 1.81. The molecule has 0 atom stereocenters. The van der Waals surface area contributed by atoms with Crippen LogP contribution in [0, 0.1) is 0 Å². The van der Waals surface area contributed by atoms with Gasteiger partial charge in [-0.2, -0.15) is 0 Å². The van der Waals surface area contributed by atoms with E-state index in [0.29, 0.717) is 26.1 Å². The van der Waals surface area contributed by atoms with Gasteiger partial charge in [-0.05, 0) is 30.5 Å². The summed E-state index contributed by atoms with van der Waals surface area (Å²) in [6.07, 6.45) is 2.30. The molecule has 18 heavy (non-hydrogen) atoms. The van der Waals surface area contributed by atoms with Crippen LogP contribution < -0.4 is 11.1 Å². The minimum absolute atomic E-state index is 0.0839. The highest BCUT2D eigenvalue weighted by Gasteiger charge is 2.01. The van der Waals surface area contributed by atoms with Gasteiger partial charge in [-0.15, -0.1) is 0 Å². The third-order valence-electron chi connectivity index (χ3n) is 2.65. The largest absolute Gasteiger partial charge is 0.380 e. The van der Waals surface area contributed by atoms with E-state index in [2.05, 4.69) is 5.32 Å². The van der Waals surface area contributed by atoms with E-state index in [-0.39, 0.29) is 5.91 Å². The second kappa shape index (κ2) is 8.66. The highest BCUT2D eigenvalue weighted by Crippen LogP contribution is 2.06. The van der Waals surface area contributed by atoms with E-state index in [1.807, 2.05) is 24.3 Å². The van der Waals surface area contributed by atoms with Crippen molar-refractivity contribution in [2.24, 2.45) is 5.73 Å². The van der Waals surface area contributed by atoms with Gasteiger partial charge in [0, 0.05) is 20.1 Å². The van der Waals surface area contributed by atoms with Crippen LogP contribution in [0.25, 0.3) is 0 Å². The Balaban J connectivity index is 2.33. The summed E-state index contributed by atoms with van der Waals surface area (Å²) in [4.78, 5) is 11.5. The van der Waals surface area contributed by atoms with Crippen LogP contribution in [0.3, 0.4) is 0 Å². The first kappa shape index (κ1) is 14.7. The lowest BCUT2D eigenvalue weighted by Crippen LogP contribution is -2.22. The summed E-state index contributed by atoms with van der Waals surface area (Å²) in [5.41, 5.74) is 7.59. The van der Waals surface area contributed by atoms with E-state index in [0.717, 1.165) is 24.0 Å². The van der Waals surface area contributed by atoms with Crippen LogP contribution in [0.4, 0.5) is 0 Å². The molecule has 1 amide bonds. The maximum Gasteiger partial charge on any atom is 0.220 e. The molecule has 0 saturated carbocycles. The van der Waals surface area contributed by atoms with E-state index in [4.69, 9.17) is 10.5 Å². The number of hydrogen-bond donors (Lipinski definition) is 2. The fourth-order valence-corrected chi connectivity index (χ4v) is 1.71. The summed E-state index contributed by atoms with van der Waals surface area (Å²) in [5.74, 6) is 0.0839. The molecule has 0 aliphatic carbocycles. The normalized spacial score (nSPS) is 10.3. The molecular formula is C14H22N2O2. The Morgan fingerprint density at radius 2 is 2.11 bits per heavy atom. The molecule has 100 valence electrons. The number of hydrogen-bond acceptors (Lipinski definition) is 3. The first-order valence-corrected chi connectivity index (χ1v) is 6.29. The van der Waals surface area contributed by atoms with Gasteiger partial charge in [0.2, 0.25) is 5.91 Å². The summed E-state index contributed by atoms with van der Waals surface area (Å²) in [6, 6.07) is 8.03. The molecule has 0 aliphatic rings. The van der Waals surface area contributed by atoms with E-state index in [9.17, 15) is 4.79 Å². The molecule has 0 spiro atoms. The average molecular weight is 250 g/mol. The van der Waals surface area contributed by atoms with Crippen LogP contribution in [0.1, 0.15) is 30.4 Å². The summed E-state index contributed by atoms with van der Waals surface area (Å²) < 4.78 is 5.07. The van der Waals surface area contributed by atoms with Gasteiger partial charge in [0.05, 0.1) is 6.61 Å². The molecule has 1 aromatic rings. The average Bonchev–Trinajstić information content (AvgIpc) is 2.38. The number of rotatable bonds is 8. The van der Waals surface area contributed by atoms with Crippen molar-refractivity contribution < 1.29 is 9.53 Å². The van der Waals surface area contributed by atoms with Gasteiger partial charge >= 0.3 is 0 Å². The van der Waals surface area contributed by atoms with Gasteiger partial charge in [0.1, 0.15) is 0 Å². The molecule has 0 aromatic heterocycles. The lowest BCUT2D eigenvalue weighted by atomic mass is 10.1. The van der Waals surface area contributed by atoms with Crippen molar-refractivity contribution in [3.8, 4) is 0 Å². The smallest absolute Gasteiger partial charge is 0.220 e. The molecule has 0 heterocycles. The molecular weight excluding hydrogens is 228 g/mol. The van der Waals surface area contributed by atoms with Gasteiger partial charge in [-0.3, -0.25) is 4.79 Å². The molecule has 3 N–H and O–H groups in total. The Hall–Kier alpha value is -1.39. The quantitative estimate of drug-likeness (QED) is 0.688. The van der Waals surface area contributed by atoms with E-state index < -0.39 is 0 Å². The van der Waals surface area contributed by atoms with Crippen molar-refractivity contribution in [2.45, 2.75) is 32.4 Å². The highest BCUT2D eigenvalue weighted by molar-refractivity contribution is 5.75. The number of benzene rings is 1. The van der Waals surface area contributed by atoms with Crippen molar-refractivity contribution in [1.82, 2.24) is 5.32 Å². The molecule has 0 fully saturated rings. The Bertz CT molecular complexity index is 367. The van der Waals surface area contributed by atoms with Gasteiger partial charge in [-0.1, -0.05) is 24.3 Å². The minimum Gasteiger partial charge on any atom is -0.380 e. The number of methoxy groups -OCH3 is 1. The highest BCUT2D eigenvalue weighted by atomic mass is 16.5. The fraction of sp³-hybridized carbons (Fsp3) is 0.500. The number of ether oxygens (including phenoxy) is 1. The van der Waals surface area contributed by atoms with Crippen LogP contribution >= 0.6 is 0 Å². The van der Waals surface area contributed by atoms with Gasteiger partial charge in [0.25, 0.3) is 0 Å². The van der Waals surface area contributed by atoms with Crippen LogP contribution in [0.2, 0.25) is 0 Å². The van der Waals surface area contributed by atoms with Gasteiger partial charge in [-0.25, -0.2) is 0 Å². The van der Waals surface area contributed by atoms with Crippen LogP contribution in [-0.4, -0.2) is 19.6 Å². The zero-order valence-corrected chi connectivity index (χ0v) is 10.9. The third-order valence-corrected chi connectivity index (χ3v) is 2.65. The predicted molar refractivity (Wildman–Crippen MR) is 71.9 cm³/mol. The van der Waals surface area contributed by atoms with Crippen molar-refractivity contribution in [1.29, 1.82) is 0 Å². The number of amides is 1. The van der Waals surface area contributed by atoms with E-state index in [1.165, 1.54) is 0 Å². The number of unbranched alkanes of at least 4 members (excludes halogenated alkanes) is 1. The first-order chi connectivity index (χ1) is 8.76. The van der Waals surface area contributed by atoms with E-state index >= 15 is 0 Å². The number of carbonyl (C=O) groups excluding carboxylic acids is 1. The predicted octanol–water partition coefficient (Wildman–Crippen LogP) is 1.58. The van der Waals surface area contributed by atoms with Crippen molar-refractivity contribution in [3.05, 3.63) is 35.4 Å². The molecule has 0 unspecified atom stereocenters. The topological polar surface area (TPSA) is 64.3 Å². The lowest BCUT2D eigenvalue weighted by Gasteiger charge is -2.07. The third kappa shape index (κ3) is 5.80. The van der Waals surface area contributed by atoms with Crippen LogP contribution in [0.15, 0.2) is 24.3 Å². The Morgan fingerprint density at radius 1 is 1.33 bits per heavy atom. The summed E-state index contributed by atoms with van der Waals surface area (Å²) in [7, 11) is 1.67. The van der Waals surface area contributed by atoms with Crippen molar-refractivity contribution in [3.63, 3.8) is 0 Å². The van der Waals surface area contributed by atoms with Crippen LogP contribution in [0.5, 0.6) is 0 Å². The first-order valence-electron chi connectivity index (χ1n) is 6.29. The standard InChI is InChI=1S/C14H22N2O2/c1-18-11-13-6-4-5-12(9-13)10-16-14(17)7-2-3-8-15/h4-6,9H,2-3,7-8,10-11,15H2,1H3,(H,16,17). The van der Waals surface area contributed by atoms with Crippen LogP contribution in [-0.2, 0) is 22.7 Å². The molecule has 4 heteroatoms. The van der Waals surface area contributed by atoms with Gasteiger partial charge < -0.3 is 15.8 Å². The maximum atomic E-state index is 11.5. The Labute approximate surface area is 109 Å². The second-order valence-corrected chi connectivity index (χ2v) is 4.28. The van der Waals surface area contributed by atoms with Crippen molar-refractivity contribution in [2.75, 3.05) is 13.7 Å². The molecule has 0 aliphatic heterocycles. The molecule has 0 radical (unpaired) electrons. The summed E-state index contributed by atoms with van der Waals surface area (Å²) in [5, 5.41) is 2.91. The molecule has 1 rings (SSSR count). The maximum absolute atomic E-state index is 11.5. The van der Waals surface area contributed by atoms with Gasteiger partial charge in [0.15, 0.2) is 0 Å². The monoisotopic (exact) mass is 250 g/mol. The molecule has 0 bridgehead atoms. The minimum atomic E-state index is 0.0839.